The maximum atomic E-state index is 8.99. The molecule has 0 radical (unpaired) electrons. The smallest absolute Gasteiger partial charge is 0.114 e. The maximum absolute atomic E-state index is 8.99. The van der Waals surface area contributed by atoms with E-state index < -0.39 is 0 Å². The molecule has 0 aliphatic rings. The first-order valence-corrected chi connectivity index (χ1v) is 5.80. The van der Waals surface area contributed by atoms with Gasteiger partial charge in [0, 0.05) is 6.20 Å². The van der Waals surface area contributed by atoms with E-state index in [0.717, 1.165) is 26.8 Å². The Morgan fingerprint density at radius 3 is 2.81 bits per heavy atom. The summed E-state index contributed by atoms with van der Waals surface area (Å²) in [6.45, 7) is 3.95. The number of furan rings is 1. The summed E-state index contributed by atoms with van der Waals surface area (Å²) in [5.41, 5.74) is 1.91. The molecule has 0 aliphatic carbocycles. The van der Waals surface area contributed by atoms with Gasteiger partial charge in [-0.1, -0.05) is 11.8 Å². The summed E-state index contributed by atoms with van der Waals surface area (Å²) in [5.74, 6) is 0.900. The zero-order chi connectivity index (χ0) is 11.5. The Kier molecular flexibility index (Phi) is 3.31. The molecule has 0 bridgehead atoms. The molecule has 2 rings (SSSR count). The van der Waals surface area contributed by atoms with E-state index in [1.165, 1.54) is 0 Å². The summed E-state index contributed by atoms with van der Waals surface area (Å²) >= 11 is 1.58. The SMILES string of the molecule is Cc1cc(CO)cnc1Sc1ccoc1C. The van der Waals surface area contributed by atoms with Gasteiger partial charge < -0.3 is 9.52 Å². The molecule has 0 aliphatic heterocycles. The molecular formula is C12H13NO2S. The lowest BCUT2D eigenvalue weighted by Gasteiger charge is -2.05. The van der Waals surface area contributed by atoms with Gasteiger partial charge in [-0.25, -0.2) is 4.98 Å². The molecule has 2 aromatic heterocycles. The van der Waals surface area contributed by atoms with E-state index in [4.69, 9.17) is 9.52 Å². The number of pyridine rings is 1. The highest BCUT2D eigenvalue weighted by molar-refractivity contribution is 7.99. The van der Waals surface area contributed by atoms with Gasteiger partial charge in [0.1, 0.15) is 10.8 Å². The third kappa shape index (κ3) is 2.28. The van der Waals surface area contributed by atoms with Crippen LogP contribution in [0.4, 0.5) is 0 Å². The van der Waals surface area contributed by atoms with E-state index in [1.54, 1.807) is 24.2 Å². The van der Waals surface area contributed by atoms with Crippen LogP contribution in [0.3, 0.4) is 0 Å². The second-order valence-electron chi connectivity index (χ2n) is 3.57. The second kappa shape index (κ2) is 4.72. The summed E-state index contributed by atoms with van der Waals surface area (Å²) < 4.78 is 5.23. The fourth-order valence-electron chi connectivity index (χ4n) is 1.40. The maximum Gasteiger partial charge on any atom is 0.114 e. The number of nitrogens with zero attached hydrogens (tertiary/aromatic N) is 1. The van der Waals surface area contributed by atoms with Crippen molar-refractivity contribution in [3.63, 3.8) is 0 Å². The van der Waals surface area contributed by atoms with Crippen LogP contribution in [0, 0.1) is 13.8 Å². The van der Waals surface area contributed by atoms with Crippen LogP contribution in [-0.4, -0.2) is 10.1 Å². The van der Waals surface area contributed by atoms with Crippen LogP contribution in [0.25, 0.3) is 0 Å². The minimum Gasteiger partial charge on any atom is -0.468 e. The first kappa shape index (κ1) is 11.2. The van der Waals surface area contributed by atoms with E-state index in [9.17, 15) is 0 Å². The van der Waals surface area contributed by atoms with Crippen molar-refractivity contribution in [3.05, 3.63) is 41.5 Å². The fraction of sp³-hybridized carbons (Fsp3) is 0.250. The molecule has 84 valence electrons. The van der Waals surface area contributed by atoms with Gasteiger partial charge in [0.05, 0.1) is 17.8 Å². The molecule has 2 heterocycles. The summed E-state index contributed by atoms with van der Waals surface area (Å²) in [5, 5.41) is 9.94. The highest BCUT2D eigenvalue weighted by Gasteiger charge is 2.07. The van der Waals surface area contributed by atoms with Gasteiger partial charge in [0.15, 0.2) is 0 Å². The van der Waals surface area contributed by atoms with Crippen molar-refractivity contribution in [1.29, 1.82) is 0 Å². The van der Waals surface area contributed by atoms with Crippen LogP contribution < -0.4 is 0 Å². The number of aliphatic hydroxyl groups is 1. The van der Waals surface area contributed by atoms with E-state index in [-0.39, 0.29) is 6.61 Å². The van der Waals surface area contributed by atoms with Gasteiger partial charge in [-0.05, 0) is 37.1 Å². The molecule has 0 spiro atoms. The molecule has 2 aromatic rings. The number of hydrogen-bond acceptors (Lipinski definition) is 4. The van der Waals surface area contributed by atoms with Crippen LogP contribution in [0.15, 0.2) is 38.9 Å². The fourth-order valence-corrected chi connectivity index (χ4v) is 2.25. The predicted octanol–water partition coefficient (Wildman–Crippen LogP) is 2.93. The molecule has 0 aromatic carbocycles. The molecule has 0 saturated heterocycles. The van der Waals surface area contributed by atoms with Crippen LogP contribution in [0.2, 0.25) is 0 Å². The lowest BCUT2D eigenvalue weighted by atomic mass is 10.2. The Hall–Kier alpha value is -1.26. The van der Waals surface area contributed by atoms with Crippen LogP contribution in [-0.2, 0) is 6.61 Å². The number of hydrogen-bond donors (Lipinski definition) is 1. The average molecular weight is 235 g/mol. The number of aliphatic hydroxyl groups excluding tert-OH is 1. The van der Waals surface area contributed by atoms with E-state index in [0.29, 0.717) is 0 Å². The van der Waals surface area contributed by atoms with E-state index >= 15 is 0 Å². The quantitative estimate of drug-likeness (QED) is 0.888. The van der Waals surface area contributed by atoms with Crippen molar-refractivity contribution in [3.8, 4) is 0 Å². The minimum absolute atomic E-state index is 0.0313. The number of aryl methyl sites for hydroxylation is 2. The third-order valence-electron chi connectivity index (χ3n) is 2.29. The van der Waals surface area contributed by atoms with Gasteiger partial charge in [-0.2, -0.15) is 0 Å². The highest BCUT2D eigenvalue weighted by Crippen LogP contribution is 2.31. The van der Waals surface area contributed by atoms with Gasteiger partial charge in [0.2, 0.25) is 0 Å². The molecule has 4 heteroatoms. The largest absolute Gasteiger partial charge is 0.468 e. The van der Waals surface area contributed by atoms with Gasteiger partial charge in [0.25, 0.3) is 0 Å². The first-order valence-electron chi connectivity index (χ1n) is 4.99. The zero-order valence-corrected chi connectivity index (χ0v) is 10.0. The van der Waals surface area contributed by atoms with Crippen LogP contribution >= 0.6 is 11.8 Å². The Bertz CT molecular complexity index is 494. The molecule has 3 nitrogen and oxygen atoms in total. The van der Waals surface area contributed by atoms with Crippen molar-refractivity contribution >= 4 is 11.8 Å². The van der Waals surface area contributed by atoms with Gasteiger partial charge >= 0.3 is 0 Å². The summed E-state index contributed by atoms with van der Waals surface area (Å²) in [4.78, 5) is 5.40. The topological polar surface area (TPSA) is 46.3 Å². The van der Waals surface area contributed by atoms with Crippen molar-refractivity contribution in [2.45, 2.75) is 30.4 Å². The number of rotatable bonds is 3. The van der Waals surface area contributed by atoms with E-state index in [2.05, 4.69) is 4.98 Å². The average Bonchev–Trinajstić information content (AvgIpc) is 2.67. The molecule has 0 unspecified atom stereocenters. The van der Waals surface area contributed by atoms with Gasteiger partial charge in [-0.15, -0.1) is 0 Å². The van der Waals surface area contributed by atoms with Crippen molar-refractivity contribution in [1.82, 2.24) is 4.98 Å². The first-order chi connectivity index (χ1) is 7.70. The molecule has 0 atom stereocenters. The third-order valence-corrected chi connectivity index (χ3v) is 3.55. The molecular weight excluding hydrogens is 222 g/mol. The minimum atomic E-state index is 0.0313. The molecule has 1 N–H and O–H groups in total. The Morgan fingerprint density at radius 2 is 2.25 bits per heavy atom. The normalized spacial score (nSPS) is 10.7. The lowest BCUT2D eigenvalue weighted by Crippen LogP contribution is -1.90. The summed E-state index contributed by atoms with van der Waals surface area (Å²) in [6, 6.07) is 3.88. The summed E-state index contributed by atoms with van der Waals surface area (Å²) in [7, 11) is 0. The molecule has 0 saturated carbocycles. The standard InChI is InChI=1S/C12H13NO2S/c1-8-5-10(7-14)6-13-12(8)16-11-3-4-15-9(11)2/h3-6,14H,7H2,1-2H3. The number of aromatic nitrogens is 1. The highest BCUT2D eigenvalue weighted by atomic mass is 32.2. The molecule has 0 amide bonds. The van der Waals surface area contributed by atoms with Crippen molar-refractivity contribution < 1.29 is 9.52 Å². The van der Waals surface area contributed by atoms with Crippen molar-refractivity contribution in [2.75, 3.05) is 0 Å². The van der Waals surface area contributed by atoms with Gasteiger partial charge in [-0.3, -0.25) is 0 Å². The summed E-state index contributed by atoms with van der Waals surface area (Å²) in [6.07, 6.45) is 3.37. The van der Waals surface area contributed by atoms with Crippen LogP contribution in [0.5, 0.6) is 0 Å². The monoisotopic (exact) mass is 235 g/mol. The Morgan fingerprint density at radius 1 is 1.44 bits per heavy atom. The predicted molar refractivity (Wildman–Crippen MR) is 62.5 cm³/mol. The Labute approximate surface area is 98.5 Å². The lowest BCUT2D eigenvalue weighted by molar-refractivity contribution is 0.281. The van der Waals surface area contributed by atoms with Crippen LogP contribution in [0.1, 0.15) is 16.9 Å². The molecule has 0 fully saturated rings. The zero-order valence-electron chi connectivity index (χ0n) is 9.23. The Balaban J connectivity index is 2.25. The van der Waals surface area contributed by atoms with E-state index in [1.807, 2.05) is 26.0 Å². The second-order valence-corrected chi connectivity index (χ2v) is 4.60. The van der Waals surface area contributed by atoms with Crippen molar-refractivity contribution in [2.24, 2.45) is 0 Å². The molecule has 16 heavy (non-hydrogen) atoms.